The van der Waals surface area contributed by atoms with Gasteiger partial charge >= 0.3 is 6.09 Å². The van der Waals surface area contributed by atoms with Gasteiger partial charge in [-0.2, -0.15) is 0 Å². The molecule has 0 spiro atoms. The molecule has 6 nitrogen and oxygen atoms in total. The zero-order chi connectivity index (χ0) is 18.0. The van der Waals surface area contributed by atoms with Crippen LogP contribution in [0.4, 0.5) is 10.5 Å². The van der Waals surface area contributed by atoms with Crippen molar-refractivity contribution in [1.29, 1.82) is 0 Å². The summed E-state index contributed by atoms with van der Waals surface area (Å²) >= 11 is 0. The summed E-state index contributed by atoms with van der Waals surface area (Å²) in [6, 6.07) is 5.86. The number of amides is 2. The van der Waals surface area contributed by atoms with Crippen LogP contribution in [0.25, 0.3) is 0 Å². The number of carbonyl (C=O) groups excluding carboxylic acids is 2. The number of benzene rings is 1. The third-order valence-electron chi connectivity index (χ3n) is 4.49. The number of ether oxygens (including phenoxy) is 2. The van der Waals surface area contributed by atoms with Gasteiger partial charge in [0.25, 0.3) is 5.91 Å². The molecule has 0 bridgehead atoms. The number of carbonyl (C=O) groups is 2. The molecule has 0 saturated carbocycles. The van der Waals surface area contributed by atoms with Gasteiger partial charge in [0.15, 0.2) is 6.61 Å². The van der Waals surface area contributed by atoms with E-state index in [9.17, 15) is 9.59 Å². The van der Waals surface area contributed by atoms with Gasteiger partial charge in [-0.15, -0.1) is 0 Å². The summed E-state index contributed by atoms with van der Waals surface area (Å²) in [5, 5.41) is 2.85. The first kappa shape index (κ1) is 17.6. The number of para-hydroxylation sites is 1. The maximum atomic E-state index is 12.1. The van der Waals surface area contributed by atoms with Crippen LogP contribution in [0.3, 0.4) is 0 Å². The second kappa shape index (κ2) is 6.94. The van der Waals surface area contributed by atoms with Gasteiger partial charge in [0, 0.05) is 13.1 Å². The predicted octanol–water partition coefficient (Wildman–Crippen LogP) is 3.21. The first-order valence-corrected chi connectivity index (χ1v) is 8.84. The van der Waals surface area contributed by atoms with Gasteiger partial charge in [0.2, 0.25) is 0 Å². The average Bonchev–Trinajstić information content (AvgIpc) is 2.54. The molecule has 0 aromatic heterocycles. The summed E-state index contributed by atoms with van der Waals surface area (Å²) in [7, 11) is 0. The summed E-state index contributed by atoms with van der Waals surface area (Å²) < 4.78 is 11.1. The highest BCUT2D eigenvalue weighted by Gasteiger charge is 2.28. The molecule has 2 aliphatic rings. The molecular formula is C19H26N2O4. The fraction of sp³-hybridized carbons (Fsp3) is 0.579. The Labute approximate surface area is 148 Å². The summed E-state index contributed by atoms with van der Waals surface area (Å²) in [5.41, 5.74) is 1.41. The Hall–Kier alpha value is -2.24. The number of nitrogens with zero attached hydrogens (tertiary/aromatic N) is 1. The van der Waals surface area contributed by atoms with Crippen molar-refractivity contribution in [3.8, 4) is 5.75 Å². The molecule has 0 atom stereocenters. The minimum absolute atomic E-state index is 0.0705. The Morgan fingerprint density at radius 2 is 2.04 bits per heavy atom. The summed E-state index contributed by atoms with van der Waals surface area (Å²) in [5.74, 6) is 1.17. The lowest BCUT2D eigenvalue weighted by atomic mass is 9.89. The van der Waals surface area contributed by atoms with Crippen LogP contribution in [0, 0.1) is 5.92 Å². The smallest absolute Gasteiger partial charge is 0.410 e. The lowest BCUT2D eigenvalue weighted by Crippen LogP contribution is -2.42. The topological polar surface area (TPSA) is 67.9 Å². The Kier molecular flexibility index (Phi) is 4.88. The van der Waals surface area contributed by atoms with Crippen LogP contribution in [0.5, 0.6) is 5.75 Å². The van der Waals surface area contributed by atoms with Crippen molar-refractivity contribution in [2.45, 2.75) is 45.6 Å². The van der Waals surface area contributed by atoms with Crippen molar-refractivity contribution in [3.05, 3.63) is 23.8 Å². The molecule has 2 heterocycles. The lowest BCUT2D eigenvalue weighted by molar-refractivity contribution is -0.118. The molecule has 2 amide bonds. The van der Waals surface area contributed by atoms with Crippen LogP contribution in [0.1, 0.15) is 39.2 Å². The standard InChI is InChI=1S/C19H26N2O4/c1-19(2,3)25-18(23)21-9-7-13(8-10-21)11-14-5-4-6-15-17(14)24-12-16(22)20-15/h4-6,13H,7-12H2,1-3H3,(H,20,22). The molecule has 1 aromatic rings. The highest BCUT2D eigenvalue weighted by Crippen LogP contribution is 2.34. The molecular weight excluding hydrogens is 320 g/mol. The molecule has 1 aromatic carbocycles. The summed E-state index contributed by atoms with van der Waals surface area (Å²) in [6.45, 7) is 7.15. The Morgan fingerprint density at radius 3 is 2.72 bits per heavy atom. The number of hydrogen-bond acceptors (Lipinski definition) is 4. The van der Waals surface area contributed by atoms with Gasteiger partial charge in [0.1, 0.15) is 11.4 Å². The first-order valence-electron chi connectivity index (χ1n) is 8.84. The first-order chi connectivity index (χ1) is 11.8. The van der Waals surface area contributed by atoms with Crippen LogP contribution < -0.4 is 10.1 Å². The second-order valence-electron chi connectivity index (χ2n) is 7.75. The van der Waals surface area contributed by atoms with E-state index in [0.717, 1.165) is 36.3 Å². The molecule has 6 heteroatoms. The van der Waals surface area contributed by atoms with Gasteiger partial charge in [-0.25, -0.2) is 4.79 Å². The van der Waals surface area contributed by atoms with Crippen LogP contribution >= 0.6 is 0 Å². The average molecular weight is 346 g/mol. The monoisotopic (exact) mass is 346 g/mol. The van der Waals surface area contributed by atoms with Crippen LogP contribution in [-0.4, -0.2) is 42.2 Å². The fourth-order valence-corrected chi connectivity index (χ4v) is 3.30. The van der Waals surface area contributed by atoms with Gasteiger partial charge in [-0.05, 0) is 57.6 Å². The van der Waals surface area contributed by atoms with Crippen molar-refractivity contribution in [3.63, 3.8) is 0 Å². The van der Waals surface area contributed by atoms with E-state index in [1.807, 2.05) is 32.9 Å². The van der Waals surface area contributed by atoms with E-state index in [1.165, 1.54) is 0 Å². The third-order valence-corrected chi connectivity index (χ3v) is 4.49. The second-order valence-corrected chi connectivity index (χ2v) is 7.75. The number of nitrogens with one attached hydrogen (secondary N) is 1. The predicted molar refractivity (Wildman–Crippen MR) is 94.8 cm³/mol. The number of piperidine rings is 1. The molecule has 1 fully saturated rings. The van der Waals surface area contributed by atoms with Crippen molar-refractivity contribution >= 4 is 17.7 Å². The minimum atomic E-state index is -0.460. The van der Waals surface area contributed by atoms with E-state index < -0.39 is 5.60 Å². The van der Waals surface area contributed by atoms with E-state index in [1.54, 1.807) is 4.90 Å². The van der Waals surface area contributed by atoms with E-state index >= 15 is 0 Å². The third kappa shape index (κ3) is 4.44. The quantitative estimate of drug-likeness (QED) is 0.893. The Bertz CT molecular complexity index is 658. The molecule has 0 unspecified atom stereocenters. The van der Waals surface area contributed by atoms with Crippen molar-refractivity contribution < 1.29 is 19.1 Å². The van der Waals surface area contributed by atoms with E-state index in [4.69, 9.17) is 9.47 Å². The van der Waals surface area contributed by atoms with Crippen molar-refractivity contribution in [2.75, 3.05) is 25.0 Å². The molecule has 2 aliphatic heterocycles. The van der Waals surface area contributed by atoms with Crippen LogP contribution in [0.15, 0.2) is 18.2 Å². The molecule has 0 radical (unpaired) electrons. The summed E-state index contributed by atoms with van der Waals surface area (Å²) in [4.78, 5) is 25.4. The van der Waals surface area contributed by atoms with Gasteiger partial charge < -0.3 is 19.7 Å². The molecule has 3 rings (SSSR count). The number of fused-ring (bicyclic) bond motifs is 1. The number of anilines is 1. The van der Waals surface area contributed by atoms with Crippen molar-refractivity contribution in [2.24, 2.45) is 5.92 Å². The van der Waals surface area contributed by atoms with Crippen LogP contribution in [-0.2, 0) is 16.0 Å². The molecule has 0 aliphatic carbocycles. The number of hydrogen-bond donors (Lipinski definition) is 1. The maximum absolute atomic E-state index is 12.1. The van der Waals surface area contributed by atoms with Gasteiger partial charge in [0.05, 0.1) is 5.69 Å². The normalized spacial score (nSPS) is 18.2. The minimum Gasteiger partial charge on any atom is -0.481 e. The van der Waals surface area contributed by atoms with Crippen molar-refractivity contribution in [1.82, 2.24) is 4.90 Å². The van der Waals surface area contributed by atoms with E-state index in [-0.39, 0.29) is 18.6 Å². The van der Waals surface area contributed by atoms with E-state index in [0.29, 0.717) is 19.0 Å². The highest BCUT2D eigenvalue weighted by atomic mass is 16.6. The SMILES string of the molecule is CC(C)(C)OC(=O)N1CCC(Cc2cccc3c2OCC(=O)N3)CC1. The highest BCUT2D eigenvalue weighted by molar-refractivity contribution is 5.95. The maximum Gasteiger partial charge on any atom is 0.410 e. The van der Waals surface area contributed by atoms with Crippen LogP contribution in [0.2, 0.25) is 0 Å². The molecule has 136 valence electrons. The number of rotatable bonds is 2. The molecule has 25 heavy (non-hydrogen) atoms. The number of likely N-dealkylation sites (tertiary alicyclic amines) is 1. The Balaban J connectivity index is 1.57. The fourth-order valence-electron chi connectivity index (χ4n) is 3.30. The van der Waals surface area contributed by atoms with E-state index in [2.05, 4.69) is 11.4 Å². The largest absolute Gasteiger partial charge is 0.481 e. The van der Waals surface area contributed by atoms with Gasteiger partial charge in [-0.1, -0.05) is 12.1 Å². The molecule has 1 saturated heterocycles. The zero-order valence-electron chi connectivity index (χ0n) is 15.1. The molecule has 1 N–H and O–H groups in total. The Morgan fingerprint density at radius 1 is 1.32 bits per heavy atom. The summed E-state index contributed by atoms with van der Waals surface area (Å²) in [6.07, 6.45) is 2.54. The lowest BCUT2D eigenvalue weighted by Gasteiger charge is -2.33. The zero-order valence-corrected chi connectivity index (χ0v) is 15.1. The van der Waals surface area contributed by atoms with Gasteiger partial charge in [-0.3, -0.25) is 4.79 Å².